The zero-order valence-corrected chi connectivity index (χ0v) is 18.5. The number of ether oxygens (including phenoxy) is 3. The van der Waals surface area contributed by atoms with Crippen LogP contribution in [0, 0.1) is 22.7 Å². The Balaban J connectivity index is 1.48. The van der Waals surface area contributed by atoms with Gasteiger partial charge in [-0.05, 0) is 31.6 Å². The Morgan fingerprint density at radius 1 is 1.23 bits per heavy atom. The van der Waals surface area contributed by atoms with Gasteiger partial charge in [0.1, 0.15) is 18.0 Å². The highest BCUT2D eigenvalue weighted by molar-refractivity contribution is 8.14. The molecule has 2 spiro atoms. The Labute approximate surface area is 180 Å². The van der Waals surface area contributed by atoms with Gasteiger partial charge < -0.3 is 14.2 Å². The van der Waals surface area contributed by atoms with Crippen LogP contribution in [-0.4, -0.2) is 46.2 Å². The van der Waals surface area contributed by atoms with E-state index in [9.17, 15) is 14.4 Å². The molecule has 162 valence electrons. The fraction of sp³-hybridized carbons (Fsp3) is 0.783. The Kier molecular flexibility index (Phi) is 3.69. The molecule has 0 aromatic rings. The minimum Gasteiger partial charge on any atom is -0.430 e. The second kappa shape index (κ2) is 5.71. The van der Waals surface area contributed by atoms with Crippen molar-refractivity contribution in [2.24, 2.45) is 22.7 Å². The molecule has 0 N–H and O–H groups in total. The molecule has 6 aliphatic rings. The molecule has 0 radical (unpaired) electrons. The summed E-state index contributed by atoms with van der Waals surface area (Å²) in [7, 11) is 0. The molecule has 0 aromatic heterocycles. The van der Waals surface area contributed by atoms with Gasteiger partial charge in [0.05, 0.1) is 6.10 Å². The Hall–Kier alpha value is -1.34. The number of cyclic esters (lactones) is 1. The third-order valence-electron chi connectivity index (χ3n) is 9.60. The molecule has 0 aromatic carbocycles. The van der Waals surface area contributed by atoms with Gasteiger partial charge in [0.2, 0.25) is 0 Å². The zero-order valence-electron chi connectivity index (χ0n) is 17.7. The van der Waals surface area contributed by atoms with Crippen molar-refractivity contribution in [3.8, 4) is 0 Å². The predicted molar refractivity (Wildman–Crippen MR) is 109 cm³/mol. The van der Waals surface area contributed by atoms with Gasteiger partial charge in [-0.3, -0.25) is 9.59 Å². The number of fused-ring (bicyclic) bond motifs is 4. The Bertz CT molecular complexity index is 913. The average Bonchev–Trinajstić information content (AvgIpc) is 3.15. The van der Waals surface area contributed by atoms with Crippen molar-refractivity contribution in [2.45, 2.75) is 81.9 Å². The van der Waals surface area contributed by atoms with Gasteiger partial charge >= 0.3 is 6.16 Å². The minimum atomic E-state index is -0.592. The summed E-state index contributed by atoms with van der Waals surface area (Å²) in [6.45, 7) is 6.44. The van der Waals surface area contributed by atoms with Gasteiger partial charge in [-0.2, -0.15) is 0 Å². The molecular weight excluding hydrogens is 404 g/mol. The summed E-state index contributed by atoms with van der Waals surface area (Å²) >= 11 is 1.38. The number of hydrogen-bond acceptors (Lipinski definition) is 7. The van der Waals surface area contributed by atoms with Crippen LogP contribution in [0.2, 0.25) is 0 Å². The lowest BCUT2D eigenvalue weighted by molar-refractivity contribution is -0.122. The topological polar surface area (TPSA) is 82.2 Å². The van der Waals surface area contributed by atoms with Gasteiger partial charge in [0, 0.05) is 41.8 Å². The van der Waals surface area contributed by atoms with E-state index in [0.717, 1.165) is 25.7 Å². The molecule has 2 saturated heterocycles. The first-order valence-electron chi connectivity index (χ1n) is 11.1. The van der Waals surface area contributed by atoms with Crippen LogP contribution >= 0.6 is 11.8 Å². The summed E-state index contributed by atoms with van der Waals surface area (Å²) in [5, 5.41) is 0.0739. The summed E-state index contributed by atoms with van der Waals surface area (Å²) in [6.07, 6.45) is 6.18. The van der Waals surface area contributed by atoms with Crippen molar-refractivity contribution in [3.63, 3.8) is 0 Å². The zero-order chi connectivity index (χ0) is 21.1. The van der Waals surface area contributed by atoms with E-state index in [4.69, 9.17) is 14.2 Å². The highest BCUT2D eigenvalue weighted by Crippen LogP contribution is 2.77. The van der Waals surface area contributed by atoms with Crippen molar-refractivity contribution in [2.75, 3.05) is 6.61 Å². The van der Waals surface area contributed by atoms with Crippen LogP contribution in [0.15, 0.2) is 11.6 Å². The van der Waals surface area contributed by atoms with E-state index >= 15 is 0 Å². The second-order valence-electron chi connectivity index (χ2n) is 10.6. The SMILES string of the molecule is CC(=O)S[C@@H]1C=C2CC(=O)CC[C@]2(C)[C@@]23O[C@@H]2C[C@@]2(C)C(CC[C@@]24COC(=O)O4)C13. The molecule has 6 rings (SSSR count). The standard InChI is InChI=1S/C23H28O6S/c1-12(24)30-16-9-13-8-14(25)4-6-20(13,2)23-17(28-23)10-21(3)15(18(16)23)5-7-22(21)11-27-19(26)29-22/h9,15-18H,4-8,10-11H2,1-3H3/t15?,16-,17-,18?,20+,21+,22-,23-/m1/s1. The molecule has 30 heavy (non-hydrogen) atoms. The number of Topliss-reactive ketones (excluding diaryl/α,β-unsaturated/α-hetero) is 1. The fourth-order valence-electron chi connectivity index (χ4n) is 8.08. The number of hydrogen-bond donors (Lipinski definition) is 0. The average molecular weight is 433 g/mol. The molecule has 2 aliphatic heterocycles. The lowest BCUT2D eigenvalue weighted by atomic mass is 9.46. The number of ketones is 1. The summed E-state index contributed by atoms with van der Waals surface area (Å²) in [4.78, 5) is 36.4. The van der Waals surface area contributed by atoms with E-state index in [-0.39, 0.29) is 50.5 Å². The van der Waals surface area contributed by atoms with Gasteiger partial charge in [-0.25, -0.2) is 4.79 Å². The van der Waals surface area contributed by atoms with E-state index in [2.05, 4.69) is 19.9 Å². The first-order valence-corrected chi connectivity index (χ1v) is 12.0. The molecule has 4 aliphatic carbocycles. The van der Waals surface area contributed by atoms with Crippen molar-refractivity contribution in [1.82, 2.24) is 0 Å². The molecule has 2 unspecified atom stereocenters. The highest BCUT2D eigenvalue weighted by atomic mass is 32.2. The first-order chi connectivity index (χ1) is 14.2. The normalized spacial score (nSPS) is 53.1. The van der Waals surface area contributed by atoms with Gasteiger partial charge in [0.15, 0.2) is 10.7 Å². The van der Waals surface area contributed by atoms with Gasteiger partial charge in [-0.15, -0.1) is 0 Å². The van der Waals surface area contributed by atoms with Crippen molar-refractivity contribution in [1.29, 1.82) is 0 Å². The minimum absolute atomic E-state index is 0.0146. The molecule has 2 heterocycles. The van der Waals surface area contributed by atoms with Crippen molar-refractivity contribution < 1.29 is 28.6 Å². The maximum Gasteiger partial charge on any atom is 0.509 e. The van der Waals surface area contributed by atoms with Crippen LogP contribution < -0.4 is 0 Å². The van der Waals surface area contributed by atoms with Crippen molar-refractivity contribution in [3.05, 3.63) is 11.6 Å². The fourth-order valence-corrected chi connectivity index (χ4v) is 9.23. The quantitative estimate of drug-likeness (QED) is 0.354. The molecule has 6 nitrogen and oxygen atoms in total. The first kappa shape index (κ1) is 19.4. The molecular formula is C23H28O6S. The highest BCUT2D eigenvalue weighted by Gasteiger charge is 2.83. The van der Waals surface area contributed by atoms with Gasteiger partial charge in [0.25, 0.3) is 0 Å². The third-order valence-corrected chi connectivity index (χ3v) is 10.6. The number of epoxide rings is 1. The maximum atomic E-state index is 12.3. The monoisotopic (exact) mass is 432 g/mol. The molecule has 7 heteroatoms. The number of carbonyl (C=O) groups is 3. The van der Waals surface area contributed by atoms with Crippen LogP contribution in [0.25, 0.3) is 0 Å². The number of carbonyl (C=O) groups excluding carboxylic acids is 3. The molecule has 0 amide bonds. The summed E-state index contributed by atoms with van der Waals surface area (Å²) in [5.74, 6) is 0.721. The summed E-state index contributed by atoms with van der Waals surface area (Å²) in [6, 6.07) is 0. The predicted octanol–water partition coefficient (Wildman–Crippen LogP) is 3.81. The molecule has 5 fully saturated rings. The van der Waals surface area contributed by atoms with Crippen LogP contribution in [0.5, 0.6) is 0 Å². The number of rotatable bonds is 1. The molecule has 3 saturated carbocycles. The lowest BCUT2D eigenvalue weighted by Crippen LogP contribution is -2.62. The van der Waals surface area contributed by atoms with Crippen LogP contribution in [0.1, 0.15) is 59.3 Å². The van der Waals surface area contributed by atoms with E-state index in [1.165, 1.54) is 17.3 Å². The Morgan fingerprint density at radius 3 is 2.73 bits per heavy atom. The third kappa shape index (κ3) is 2.09. The van der Waals surface area contributed by atoms with Crippen LogP contribution in [-0.2, 0) is 23.8 Å². The lowest BCUT2D eigenvalue weighted by Gasteiger charge is -2.57. The maximum absolute atomic E-state index is 12.3. The van der Waals surface area contributed by atoms with E-state index in [1.54, 1.807) is 6.92 Å². The summed E-state index contributed by atoms with van der Waals surface area (Å²) in [5.41, 5.74) is -0.140. The van der Waals surface area contributed by atoms with Crippen LogP contribution in [0.3, 0.4) is 0 Å². The summed E-state index contributed by atoms with van der Waals surface area (Å²) < 4.78 is 17.8. The smallest absolute Gasteiger partial charge is 0.430 e. The van der Waals surface area contributed by atoms with Crippen LogP contribution in [0.4, 0.5) is 4.79 Å². The molecule has 8 atom stereocenters. The molecule has 0 bridgehead atoms. The van der Waals surface area contributed by atoms with Gasteiger partial charge in [-0.1, -0.05) is 37.3 Å². The van der Waals surface area contributed by atoms with Crippen molar-refractivity contribution >= 4 is 28.8 Å². The Morgan fingerprint density at radius 2 is 2.03 bits per heavy atom. The largest absolute Gasteiger partial charge is 0.509 e. The number of thioether (sulfide) groups is 1. The van der Waals surface area contributed by atoms with E-state index in [1.807, 2.05) is 0 Å². The second-order valence-corrected chi connectivity index (χ2v) is 12.0. The van der Waals surface area contributed by atoms with E-state index < -0.39 is 11.8 Å². The van der Waals surface area contributed by atoms with E-state index in [0.29, 0.717) is 19.4 Å².